The standard InChI is InChI=1S/C31H38N4O2/c1-23-14-17-33-35(23)29-8-3-6-27(19-29)28(20-31(36)37)22-34-18-15-25(21-34)11-10-24-5-2-9-30-26(13-12-24)7-4-16-32-30/h2-3,6,8,12-14,17,19,25,28,32H,4-5,7,10-11,15-16,18,20-22H2,1H3,(H,36,37)/b24-12+,26-13-/t9?,25-,28?/m1/s1. The summed E-state index contributed by atoms with van der Waals surface area (Å²) in [5, 5.41) is 17.5. The Hall–Kier alpha value is -3.34. The van der Waals surface area contributed by atoms with Gasteiger partial charge in [-0.05, 0) is 93.3 Å². The second-order valence-electron chi connectivity index (χ2n) is 10.7. The van der Waals surface area contributed by atoms with Gasteiger partial charge in [0.2, 0.25) is 0 Å². The molecular formula is C31H38N4O2. The van der Waals surface area contributed by atoms with Crippen molar-refractivity contribution in [2.24, 2.45) is 5.92 Å². The molecule has 2 saturated heterocycles. The van der Waals surface area contributed by atoms with E-state index in [2.05, 4.69) is 51.4 Å². The van der Waals surface area contributed by atoms with Gasteiger partial charge in [0.15, 0.2) is 0 Å². The highest BCUT2D eigenvalue weighted by Crippen LogP contribution is 2.30. The fourth-order valence-corrected chi connectivity index (χ4v) is 5.86. The Kier molecular flexibility index (Phi) is 8.08. The smallest absolute Gasteiger partial charge is 0.304 e. The minimum atomic E-state index is -0.745. The van der Waals surface area contributed by atoms with Crippen LogP contribution in [0, 0.1) is 12.8 Å². The first-order valence-electron chi connectivity index (χ1n) is 13.7. The largest absolute Gasteiger partial charge is 0.481 e. The first-order chi connectivity index (χ1) is 18.0. The Morgan fingerprint density at radius 3 is 3.05 bits per heavy atom. The van der Waals surface area contributed by atoms with Crippen molar-refractivity contribution in [3.63, 3.8) is 0 Å². The number of aromatic nitrogens is 2. The zero-order valence-electron chi connectivity index (χ0n) is 21.8. The minimum absolute atomic E-state index is 0.0396. The summed E-state index contributed by atoms with van der Waals surface area (Å²) in [5.74, 6) is -0.124. The molecule has 6 heteroatoms. The highest BCUT2D eigenvalue weighted by Gasteiger charge is 2.27. The van der Waals surface area contributed by atoms with Crippen molar-refractivity contribution in [2.45, 2.75) is 57.8 Å². The Morgan fingerprint density at radius 2 is 2.22 bits per heavy atom. The van der Waals surface area contributed by atoms with E-state index in [1.807, 2.05) is 29.8 Å². The van der Waals surface area contributed by atoms with Gasteiger partial charge in [-0.3, -0.25) is 4.79 Å². The van der Waals surface area contributed by atoms with E-state index in [1.54, 1.807) is 6.20 Å². The number of nitrogens with zero attached hydrogens (tertiary/aromatic N) is 3. The molecule has 2 fully saturated rings. The molecule has 1 aliphatic carbocycles. The van der Waals surface area contributed by atoms with Gasteiger partial charge in [-0.15, -0.1) is 0 Å². The fourth-order valence-electron chi connectivity index (χ4n) is 5.86. The van der Waals surface area contributed by atoms with Crippen LogP contribution in [0.5, 0.6) is 0 Å². The zero-order valence-corrected chi connectivity index (χ0v) is 21.8. The number of aliphatic carboxylic acids is 1. The number of nitrogens with one attached hydrogen (secondary N) is 1. The third-order valence-electron chi connectivity index (χ3n) is 7.94. The highest BCUT2D eigenvalue weighted by atomic mass is 16.4. The van der Waals surface area contributed by atoms with Gasteiger partial charge >= 0.3 is 5.97 Å². The molecule has 0 bridgehead atoms. The summed E-state index contributed by atoms with van der Waals surface area (Å²) in [6.45, 7) is 5.94. The van der Waals surface area contributed by atoms with Crippen molar-refractivity contribution >= 4 is 5.97 Å². The van der Waals surface area contributed by atoms with E-state index >= 15 is 0 Å². The molecule has 6 nitrogen and oxygen atoms in total. The lowest BCUT2D eigenvalue weighted by Crippen LogP contribution is -2.28. The number of rotatable bonds is 9. The van der Waals surface area contributed by atoms with Crippen molar-refractivity contribution in [1.29, 1.82) is 0 Å². The molecular weight excluding hydrogens is 460 g/mol. The third-order valence-corrected chi connectivity index (χ3v) is 7.94. The molecule has 2 N–H and O–H groups in total. The summed E-state index contributed by atoms with van der Waals surface area (Å²) in [6, 6.07) is 10.2. The van der Waals surface area contributed by atoms with Crippen LogP contribution in [0.3, 0.4) is 0 Å². The quantitative estimate of drug-likeness (QED) is 0.446. The summed E-state index contributed by atoms with van der Waals surface area (Å²) in [6.07, 6.45) is 15.5. The molecule has 2 aliphatic heterocycles. The maximum absolute atomic E-state index is 11.7. The second-order valence-corrected chi connectivity index (χ2v) is 10.7. The molecule has 3 aliphatic rings. The monoisotopic (exact) mass is 498 g/mol. The van der Waals surface area contributed by atoms with Gasteiger partial charge in [0.25, 0.3) is 0 Å². The Bertz CT molecular complexity index is 1250. The topological polar surface area (TPSA) is 70.4 Å². The maximum Gasteiger partial charge on any atom is 0.304 e. The number of likely N-dealkylation sites (tertiary alicyclic amines) is 1. The number of piperidine rings is 1. The summed E-state index contributed by atoms with van der Waals surface area (Å²) in [5.41, 5.74) is 10.6. The number of carboxylic acids is 1. The summed E-state index contributed by atoms with van der Waals surface area (Å²) < 4.78 is 1.91. The zero-order chi connectivity index (χ0) is 25.6. The number of aryl methyl sites for hydroxylation is 1. The molecule has 1 aromatic heterocycles. The molecule has 1 unspecified atom stereocenters. The number of carboxylic acid groups (broad SMARTS) is 1. The number of benzene rings is 1. The number of allylic oxidation sites excluding steroid dienone is 4. The van der Waals surface area contributed by atoms with Gasteiger partial charge < -0.3 is 15.3 Å². The van der Waals surface area contributed by atoms with Crippen LogP contribution < -0.4 is 5.32 Å². The van der Waals surface area contributed by atoms with Crippen LogP contribution >= 0.6 is 0 Å². The predicted molar refractivity (Wildman–Crippen MR) is 147 cm³/mol. The molecule has 0 amide bonds. The molecule has 1 aromatic carbocycles. The van der Waals surface area contributed by atoms with Crippen molar-refractivity contribution in [2.75, 3.05) is 26.2 Å². The van der Waals surface area contributed by atoms with Crippen LogP contribution in [0.4, 0.5) is 0 Å². The molecule has 2 atom stereocenters. The van der Waals surface area contributed by atoms with Gasteiger partial charge in [0.05, 0.1) is 17.8 Å². The van der Waals surface area contributed by atoms with Crippen molar-refractivity contribution < 1.29 is 9.90 Å². The SMILES string of the molecule is Cc1ccnn1-c1cccc(C(CC(=O)O)CN2CC[C@@H](CC/C3=C/C=C4/CCCNC4=C=CC3)C2)c1. The van der Waals surface area contributed by atoms with Crippen LogP contribution in [-0.4, -0.2) is 51.9 Å². The average Bonchev–Trinajstić information content (AvgIpc) is 3.52. The Balaban J connectivity index is 1.19. The van der Waals surface area contributed by atoms with Gasteiger partial charge in [0, 0.05) is 37.4 Å². The van der Waals surface area contributed by atoms with Gasteiger partial charge in [0.1, 0.15) is 0 Å². The Labute approximate surface area is 220 Å². The molecule has 37 heavy (non-hydrogen) atoms. The van der Waals surface area contributed by atoms with E-state index in [0.717, 1.165) is 62.4 Å². The van der Waals surface area contributed by atoms with Crippen molar-refractivity contribution in [3.8, 4) is 5.69 Å². The summed E-state index contributed by atoms with van der Waals surface area (Å²) >= 11 is 0. The van der Waals surface area contributed by atoms with Crippen LogP contribution in [-0.2, 0) is 4.79 Å². The van der Waals surface area contributed by atoms with Crippen LogP contribution in [0.25, 0.3) is 5.69 Å². The predicted octanol–water partition coefficient (Wildman–Crippen LogP) is 5.52. The molecule has 194 valence electrons. The van der Waals surface area contributed by atoms with Crippen LogP contribution in [0.1, 0.15) is 62.1 Å². The minimum Gasteiger partial charge on any atom is -0.481 e. The van der Waals surface area contributed by atoms with Gasteiger partial charge in [-0.25, -0.2) is 4.68 Å². The molecule has 0 spiro atoms. The highest BCUT2D eigenvalue weighted by molar-refractivity contribution is 5.68. The van der Waals surface area contributed by atoms with Gasteiger partial charge in [-0.2, -0.15) is 5.10 Å². The van der Waals surface area contributed by atoms with E-state index in [4.69, 9.17) is 0 Å². The van der Waals surface area contributed by atoms with Crippen LogP contribution in [0.2, 0.25) is 0 Å². The van der Waals surface area contributed by atoms with Crippen LogP contribution in [0.15, 0.2) is 77.3 Å². The third kappa shape index (κ3) is 6.51. The number of carbonyl (C=O) groups is 1. The number of hydrogen-bond donors (Lipinski definition) is 2. The first-order valence-corrected chi connectivity index (χ1v) is 13.7. The van der Waals surface area contributed by atoms with E-state index in [-0.39, 0.29) is 12.3 Å². The van der Waals surface area contributed by atoms with E-state index in [1.165, 1.54) is 36.1 Å². The average molecular weight is 499 g/mol. The van der Waals surface area contributed by atoms with Crippen molar-refractivity contribution in [3.05, 3.63) is 88.6 Å². The van der Waals surface area contributed by atoms with E-state index in [9.17, 15) is 9.90 Å². The Morgan fingerprint density at radius 1 is 1.30 bits per heavy atom. The number of fused-ring (bicyclic) bond motifs is 1. The fraction of sp³-hybridized carbons (Fsp3) is 0.452. The summed E-state index contributed by atoms with van der Waals surface area (Å²) in [4.78, 5) is 14.2. The van der Waals surface area contributed by atoms with E-state index < -0.39 is 5.97 Å². The maximum atomic E-state index is 11.7. The first kappa shape index (κ1) is 25.3. The number of hydrogen-bond acceptors (Lipinski definition) is 4. The normalized spacial score (nSPS) is 23.5. The summed E-state index contributed by atoms with van der Waals surface area (Å²) in [7, 11) is 0. The lowest BCUT2D eigenvalue weighted by atomic mass is 9.94. The second kappa shape index (κ2) is 11.8. The molecule has 5 rings (SSSR count). The molecule has 0 radical (unpaired) electrons. The lowest BCUT2D eigenvalue weighted by Gasteiger charge is -2.24. The lowest BCUT2D eigenvalue weighted by molar-refractivity contribution is -0.137. The van der Waals surface area contributed by atoms with E-state index in [0.29, 0.717) is 5.92 Å². The van der Waals surface area contributed by atoms with Crippen molar-refractivity contribution in [1.82, 2.24) is 20.0 Å². The molecule has 0 saturated carbocycles. The molecule has 3 heterocycles. The van der Waals surface area contributed by atoms with Gasteiger partial charge in [-0.1, -0.05) is 35.6 Å². The molecule has 2 aromatic rings.